The summed E-state index contributed by atoms with van der Waals surface area (Å²) in [5, 5.41) is 0. The maximum Gasteiger partial charge on any atom is 0.225 e. The molecule has 0 unspecified atom stereocenters. The highest BCUT2D eigenvalue weighted by Gasteiger charge is 2.33. The van der Waals surface area contributed by atoms with Gasteiger partial charge in [0.15, 0.2) is 0 Å². The van der Waals surface area contributed by atoms with Crippen molar-refractivity contribution in [3.63, 3.8) is 0 Å². The van der Waals surface area contributed by atoms with Gasteiger partial charge in [0, 0.05) is 38.0 Å². The first-order valence-electron chi connectivity index (χ1n) is 10.2. The van der Waals surface area contributed by atoms with E-state index in [1.165, 1.54) is 0 Å². The topological polar surface area (TPSA) is 40.6 Å². The second-order valence-electron chi connectivity index (χ2n) is 7.20. The van der Waals surface area contributed by atoms with Gasteiger partial charge in [0.25, 0.3) is 0 Å². The number of amides is 2. The molecule has 24 heavy (non-hydrogen) atoms. The van der Waals surface area contributed by atoms with E-state index in [-0.39, 0.29) is 11.8 Å². The fraction of sp³-hybridized carbons (Fsp3) is 0.900. The molecule has 1 fully saturated rings. The van der Waals surface area contributed by atoms with E-state index in [1.54, 1.807) is 0 Å². The minimum atomic E-state index is 0.137. The Morgan fingerprint density at radius 2 is 0.875 bits per heavy atom. The van der Waals surface area contributed by atoms with Crippen LogP contribution in [0.5, 0.6) is 0 Å². The molecule has 0 aliphatic heterocycles. The minimum absolute atomic E-state index is 0.137. The molecule has 0 bridgehead atoms. The second-order valence-corrected chi connectivity index (χ2v) is 7.20. The van der Waals surface area contributed by atoms with Gasteiger partial charge in [-0.05, 0) is 51.4 Å². The fourth-order valence-corrected chi connectivity index (χ4v) is 3.85. The third-order valence-corrected chi connectivity index (χ3v) is 5.02. The first-order chi connectivity index (χ1) is 11.6. The Labute approximate surface area is 149 Å². The molecule has 2 amide bonds. The van der Waals surface area contributed by atoms with Gasteiger partial charge in [-0.2, -0.15) is 0 Å². The van der Waals surface area contributed by atoms with Crippen LogP contribution in [0.4, 0.5) is 0 Å². The van der Waals surface area contributed by atoms with Crippen LogP contribution in [0, 0.1) is 11.8 Å². The largest absolute Gasteiger partial charge is 0.342 e. The number of rotatable bonds is 10. The third-order valence-electron chi connectivity index (χ3n) is 5.02. The van der Waals surface area contributed by atoms with Crippen molar-refractivity contribution in [2.45, 2.75) is 79.1 Å². The van der Waals surface area contributed by atoms with Crippen molar-refractivity contribution in [2.75, 3.05) is 26.2 Å². The molecule has 1 rings (SSSR count). The lowest BCUT2D eigenvalue weighted by Crippen LogP contribution is -2.42. The molecule has 0 saturated heterocycles. The van der Waals surface area contributed by atoms with Crippen molar-refractivity contribution >= 4 is 11.8 Å². The first-order valence-corrected chi connectivity index (χ1v) is 10.2. The van der Waals surface area contributed by atoms with Crippen LogP contribution < -0.4 is 0 Å². The SMILES string of the molecule is CCCN(CCC)C(=O)C1CCC(C(=O)N(CCC)CCC)CC1. The number of hydrogen-bond acceptors (Lipinski definition) is 2. The molecule has 140 valence electrons. The highest BCUT2D eigenvalue weighted by molar-refractivity contribution is 5.81. The van der Waals surface area contributed by atoms with E-state index in [1.807, 2.05) is 9.80 Å². The van der Waals surface area contributed by atoms with Gasteiger partial charge in [-0.25, -0.2) is 0 Å². The Bertz CT molecular complexity index is 328. The van der Waals surface area contributed by atoms with Crippen LogP contribution in [0.2, 0.25) is 0 Å². The summed E-state index contributed by atoms with van der Waals surface area (Å²) in [6.45, 7) is 12.0. The summed E-state index contributed by atoms with van der Waals surface area (Å²) < 4.78 is 0. The Balaban J connectivity index is 2.55. The Kier molecular flexibility index (Phi) is 10.0. The maximum absolute atomic E-state index is 12.7. The van der Waals surface area contributed by atoms with E-state index in [2.05, 4.69) is 27.7 Å². The van der Waals surface area contributed by atoms with Gasteiger partial charge in [0.1, 0.15) is 0 Å². The van der Waals surface area contributed by atoms with Crippen LogP contribution in [0.3, 0.4) is 0 Å². The van der Waals surface area contributed by atoms with Crippen LogP contribution in [0.15, 0.2) is 0 Å². The average molecular weight is 339 g/mol. The van der Waals surface area contributed by atoms with Crippen molar-refractivity contribution in [2.24, 2.45) is 11.8 Å². The number of carbonyl (C=O) groups excluding carboxylic acids is 2. The third kappa shape index (κ3) is 6.10. The van der Waals surface area contributed by atoms with E-state index < -0.39 is 0 Å². The van der Waals surface area contributed by atoms with Crippen LogP contribution in [-0.2, 0) is 9.59 Å². The van der Waals surface area contributed by atoms with Crippen LogP contribution >= 0.6 is 0 Å². The monoisotopic (exact) mass is 338 g/mol. The zero-order chi connectivity index (χ0) is 17.9. The minimum Gasteiger partial charge on any atom is -0.342 e. The molecular weight excluding hydrogens is 300 g/mol. The highest BCUT2D eigenvalue weighted by atomic mass is 16.2. The fourth-order valence-electron chi connectivity index (χ4n) is 3.85. The van der Waals surface area contributed by atoms with Gasteiger partial charge in [-0.3, -0.25) is 9.59 Å². The Morgan fingerprint density at radius 1 is 0.625 bits per heavy atom. The predicted molar refractivity (Wildman–Crippen MR) is 99.8 cm³/mol. The van der Waals surface area contributed by atoms with Crippen LogP contribution in [0.25, 0.3) is 0 Å². The van der Waals surface area contributed by atoms with Gasteiger partial charge in [-0.15, -0.1) is 0 Å². The normalized spacial score (nSPS) is 20.7. The van der Waals surface area contributed by atoms with E-state index >= 15 is 0 Å². The van der Waals surface area contributed by atoms with Crippen LogP contribution in [-0.4, -0.2) is 47.8 Å². The van der Waals surface area contributed by atoms with E-state index in [4.69, 9.17) is 0 Å². The molecule has 0 atom stereocenters. The predicted octanol–water partition coefficient (Wildman–Crippen LogP) is 4.09. The van der Waals surface area contributed by atoms with E-state index in [9.17, 15) is 9.59 Å². The van der Waals surface area contributed by atoms with Crippen molar-refractivity contribution in [1.29, 1.82) is 0 Å². The summed E-state index contributed by atoms with van der Waals surface area (Å²) in [5.41, 5.74) is 0. The zero-order valence-corrected chi connectivity index (χ0v) is 16.4. The van der Waals surface area contributed by atoms with Crippen molar-refractivity contribution in [3.8, 4) is 0 Å². The molecule has 4 heteroatoms. The number of nitrogens with zero attached hydrogens (tertiary/aromatic N) is 2. The summed E-state index contributed by atoms with van der Waals surface area (Å²) in [4.78, 5) is 29.5. The summed E-state index contributed by atoms with van der Waals surface area (Å²) in [6.07, 6.45) is 7.59. The summed E-state index contributed by atoms with van der Waals surface area (Å²) in [6, 6.07) is 0. The molecule has 0 heterocycles. The maximum atomic E-state index is 12.7. The van der Waals surface area contributed by atoms with E-state index in [0.717, 1.165) is 77.5 Å². The molecular formula is C20H38N2O2. The first kappa shape index (κ1) is 21.0. The molecule has 4 nitrogen and oxygen atoms in total. The molecule has 0 spiro atoms. The lowest BCUT2D eigenvalue weighted by molar-refractivity contribution is -0.141. The van der Waals surface area contributed by atoms with Crippen molar-refractivity contribution in [1.82, 2.24) is 9.80 Å². The van der Waals surface area contributed by atoms with Gasteiger partial charge in [0.2, 0.25) is 11.8 Å². The molecule has 1 aliphatic carbocycles. The van der Waals surface area contributed by atoms with Crippen molar-refractivity contribution in [3.05, 3.63) is 0 Å². The number of carbonyl (C=O) groups is 2. The van der Waals surface area contributed by atoms with Crippen LogP contribution in [0.1, 0.15) is 79.1 Å². The van der Waals surface area contributed by atoms with Gasteiger partial charge >= 0.3 is 0 Å². The molecule has 0 aromatic carbocycles. The molecule has 1 saturated carbocycles. The summed E-state index contributed by atoms with van der Waals surface area (Å²) in [5.74, 6) is 0.919. The quantitative estimate of drug-likeness (QED) is 0.602. The zero-order valence-electron chi connectivity index (χ0n) is 16.4. The number of hydrogen-bond donors (Lipinski definition) is 0. The lowest BCUT2D eigenvalue weighted by Gasteiger charge is -2.34. The van der Waals surface area contributed by atoms with Gasteiger partial charge in [-0.1, -0.05) is 27.7 Å². The van der Waals surface area contributed by atoms with E-state index in [0.29, 0.717) is 11.8 Å². The Hall–Kier alpha value is -1.06. The van der Waals surface area contributed by atoms with Gasteiger partial charge in [0.05, 0.1) is 0 Å². The highest BCUT2D eigenvalue weighted by Crippen LogP contribution is 2.31. The molecule has 0 aromatic heterocycles. The van der Waals surface area contributed by atoms with Crippen molar-refractivity contribution < 1.29 is 9.59 Å². The van der Waals surface area contributed by atoms with Gasteiger partial charge < -0.3 is 9.80 Å². The standard InChI is InChI=1S/C20H38N2O2/c1-5-13-21(14-6-2)19(23)17-9-11-18(12-10-17)20(24)22(15-7-3)16-8-4/h17-18H,5-16H2,1-4H3. The summed E-state index contributed by atoms with van der Waals surface area (Å²) >= 11 is 0. The molecule has 0 aromatic rings. The molecule has 1 aliphatic rings. The lowest BCUT2D eigenvalue weighted by atomic mass is 9.80. The Morgan fingerprint density at radius 3 is 1.08 bits per heavy atom. The smallest absolute Gasteiger partial charge is 0.225 e. The average Bonchev–Trinajstić information content (AvgIpc) is 2.60. The molecule has 0 radical (unpaired) electrons. The second kappa shape index (κ2) is 11.5. The molecule has 0 N–H and O–H groups in total. The summed E-state index contributed by atoms with van der Waals surface area (Å²) in [7, 11) is 0.